The maximum absolute atomic E-state index is 5.52. The second-order valence-electron chi connectivity index (χ2n) is 5.64. The first-order valence-electron chi connectivity index (χ1n) is 8.80. The van der Waals surface area contributed by atoms with E-state index in [4.69, 9.17) is 5.73 Å². The quantitative estimate of drug-likeness (QED) is 0.284. The largest absolute Gasteiger partial charge is 0.403 e. The molecule has 0 aromatic rings. The lowest BCUT2D eigenvalue weighted by Gasteiger charge is -1.94. The van der Waals surface area contributed by atoms with Crippen molar-refractivity contribution in [3.63, 3.8) is 0 Å². The highest BCUT2D eigenvalue weighted by molar-refractivity contribution is 4.99. The maximum Gasteiger partial charge on any atom is 0.000755 e. The molecule has 0 aromatic carbocycles. The molecule has 0 saturated heterocycles. The Morgan fingerprint density at radius 3 is 1.64 bits per heavy atom. The molecule has 0 aliphatic carbocycles. The number of unbranched alkanes of at least 4 members (excludes halogenated alkanes) is 4. The van der Waals surface area contributed by atoms with Gasteiger partial charge < -0.3 is 5.73 Å². The minimum absolute atomic E-state index is 0.788. The van der Waals surface area contributed by atoms with Crippen molar-refractivity contribution in [2.45, 2.75) is 71.1 Å². The molecule has 0 heterocycles. The zero-order chi connectivity index (χ0) is 16.3. The third kappa shape index (κ3) is 18.5. The Kier molecular flexibility index (Phi) is 16.4. The van der Waals surface area contributed by atoms with Crippen LogP contribution in [0, 0.1) is 0 Å². The van der Waals surface area contributed by atoms with Gasteiger partial charge in [0.15, 0.2) is 0 Å². The molecule has 0 saturated carbocycles. The molecule has 0 spiro atoms. The van der Waals surface area contributed by atoms with Gasteiger partial charge in [0, 0.05) is 5.70 Å². The summed E-state index contributed by atoms with van der Waals surface area (Å²) in [5.41, 5.74) is 6.31. The average molecular weight is 302 g/mol. The number of rotatable bonds is 14. The highest BCUT2D eigenvalue weighted by Gasteiger charge is 1.85. The fourth-order valence-corrected chi connectivity index (χ4v) is 2.01. The van der Waals surface area contributed by atoms with Crippen LogP contribution in [0.15, 0.2) is 60.9 Å². The van der Waals surface area contributed by atoms with Crippen molar-refractivity contribution < 1.29 is 0 Å². The summed E-state index contributed by atoms with van der Waals surface area (Å²) in [7, 11) is 0. The van der Waals surface area contributed by atoms with Gasteiger partial charge in [-0.2, -0.15) is 0 Å². The smallest absolute Gasteiger partial charge is 0.000755 e. The summed E-state index contributed by atoms with van der Waals surface area (Å²) in [6, 6.07) is 0. The van der Waals surface area contributed by atoms with Crippen LogP contribution in [0.25, 0.3) is 0 Å². The van der Waals surface area contributed by atoms with Gasteiger partial charge in [0.05, 0.1) is 0 Å². The second kappa shape index (κ2) is 17.6. The third-order valence-corrected chi connectivity index (χ3v) is 3.33. The molecule has 0 fully saturated rings. The first-order chi connectivity index (χ1) is 10.8. The summed E-state index contributed by atoms with van der Waals surface area (Å²) in [6.07, 6.45) is 29.4. The van der Waals surface area contributed by atoms with E-state index in [2.05, 4.69) is 62.1 Å². The fraction of sp³-hybridized carbons (Fsp3) is 0.524. The molecular formula is C21H35N. The van der Waals surface area contributed by atoms with Crippen LogP contribution >= 0.6 is 0 Å². The van der Waals surface area contributed by atoms with Gasteiger partial charge in [-0.25, -0.2) is 0 Å². The van der Waals surface area contributed by atoms with E-state index in [1.54, 1.807) is 0 Å². The maximum atomic E-state index is 5.52. The van der Waals surface area contributed by atoms with E-state index in [1.165, 1.54) is 25.7 Å². The van der Waals surface area contributed by atoms with Crippen LogP contribution in [0.5, 0.6) is 0 Å². The molecule has 0 rings (SSSR count). The van der Waals surface area contributed by atoms with Gasteiger partial charge in [-0.1, -0.05) is 75.0 Å². The molecule has 0 aromatic heterocycles. The first kappa shape index (κ1) is 20.5. The van der Waals surface area contributed by atoms with E-state index < -0.39 is 0 Å². The predicted octanol–water partition coefficient (Wildman–Crippen LogP) is 6.60. The van der Waals surface area contributed by atoms with Crippen molar-refractivity contribution in [2.75, 3.05) is 0 Å². The fourth-order valence-electron chi connectivity index (χ4n) is 2.01. The summed E-state index contributed by atoms with van der Waals surface area (Å²) in [6.45, 7) is 5.94. The number of allylic oxidation sites excluding steroid dienone is 9. The minimum atomic E-state index is 0.788. The predicted molar refractivity (Wildman–Crippen MR) is 102 cm³/mol. The molecular weight excluding hydrogens is 266 g/mol. The van der Waals surface area contributed by atoms with Gasteiger partial charge in [-0.15, -0.1) is 0 Å². The lowest BCUT2D eigenvalue weighted by Crippen LogP contribution is -1.92. The summed E-state index contributed by atoms with van der Waals surface area (Å²) in [5, 5.41) is 0. The Labute approximate surface area is 138 Å². The molecule has 0 bridgehead atoms. The van der Waals surface area contributed by atoms with Crippen LogP contribution < -0.4 is 5.73 Å². The molecule has 0 aliphatic rings. The van der Waals surface area contributed by atoms with Crippen LogP contribution in [0.4, 0.5) is 0 Å². The highest BCUT2D eigenvalue weighted by Crippen LogP contribution is 2.02. The Bertz CT molecular complexity index is 358. The summed E-state index contributed by atoms with van der Waals surface area (Å²) >= 11 is 0. The summed E-state index contributed by atoms with van der Waals surface area (Å²) < 4.78 is 0. The lowest BCUT2D eigenvalue weighted by atomic mass is 10.2. The first-order valence-corrected chi connectivity index (χ1v) is 8.80. The molecule has 2 N–H and O–H groups in total. The summed E-state index contributed by atoms with van der Waals surface area (Å²) in [5.74, 6) is 0. The van der Waals surface area contributed by atoms with Gasteiger partial charge in [0.25, 0.3) is 0 Å². The third-order valence-electron chi connectivity index (χ3n) is 3.33. The summed E-state index contributed by atoms with van der Waals surface area (Å²) in [4.78, 5) is 0. The van der Waals surface area contributed by atoms with Crippen molar-refractivity contribution in [3.05, 3.63) is 60.9 Å². The van der Waals surface area contributed by atoms with E-state index in [-0.39, 0.29) is 0 Å². The number of hydrogen-bond acceptors (Lipinski definition) is 1. The average Bonchev–Trinajstić information content (AvgIpc) is 2.50. The molecule has 0 aliphatic heterocycles. The zero-order valence-electron chi connectivity index (χ0n) is 14.5. The lowest BCUT2D eigenvalue weighted by molar-refractivity contribution is 0.728. The molecule has 0 amide bonds. The SMILES string of the molecule is C=C(N)CCC/C=C\C/C=C\C/C=C\C/C=C\CCCCC. The van der Waals surface area contributed by atoms with Crippen LogP contribution in [0.2, 0.25) is 0 Å². The molecule has 124 valence electrons. The highest BCUT2D eigenvalue weighted by atomic mass is 14.5. The van der Waals surface area contributed by atoms with Gasteiger partial charge in [-0.05, 0) is 51.4 Å². The van der Waals surface area contributed by atoms with E-state index >= 15 is 0 Å². The van der Waals surface area contributed by atoms with Crippen LogP contribution in [-0.2, 0) is 0 Å². The van der Waals surface area contributed by atoms with Crippen LogP contribution in [0.3, 0.4) is 0 Å². The van der Waals surface area contributed by atoms with Crippen molar-refractivity contribution in [1.82, 2.24) is 0 Å². The van der Waals surface area contributed by atoms with Crippen molar-refractivity contribution in [2.24, 2.45) is 5.73 Å². The van der Waals surface area contributed by atoms with E-state index in [9.17, 15) is 0 Å². The Morgan fingerprint density at radius 1 is 0.727 bits per heavy atom. The minimum Gasteiger partial charge on any atom is -0.403 e. The Morgan fingerprint density at radius 2 is 1.18 bits per heavy atom. The van der Waals surface area contributed by atoms with Crippen LogP contribution in [-0.4, -0.2) is 0 Å². The van der Waals surface area contributed by atoms with Gasteiger partial charge in [0.2, 0.25) is 0 Å². The second-order valence-corrected chi connectivity index (χ2v) is 5.64. The number of hydrogen-bond donors (Lipinski definition) is 1. The van der Waals surface area contributed by atoms with Gasteiger partial charge in [-0.3, -0.25) is 0 Å². The zero-order valence-corrected chi connectivity index (χ0v) is 14.5. The molecule has 0 atom stereocenters. The Hall–Kier alpha value is -1.50. The van der Waals surface area contributed by atoms with Crippen molar-refractivity contribution in [3.8, 4) is 0 Å². The molecule has 1 nitrogen and oxygen atoms in total. The van der Waals surface area contributed by atoms with Crippen molar-refractivity contribution in [1.29, 1.82) is 0 Å². The number of nitrogens with two attached hydrogens (primary N) is 1. The molecule has 22 heavy (non-hydrogen) atoms. The van der Waals surface area contributed by atoms with Crippen molar-refractivity contribution >= 4 is 0 Å². The molecule has 1 heteroatoms. The van der Waals surface area contributed by atoms with Crippen LogP contribution in [0.1, 0.15) is 71.1 Å². The Balaban J connectivity index is 3.40. The van der Waals surface area contributed by atoms with E-state index in [1.807, 2.05) is 0 Å². The monoisotopic (exact) mass is 301 g/mol. The van der Waals surface area contributed by atoms with E-state index in [0.29, 0.717) is 0 Å². The molecule has 0 unspecified atom stereocenters. The topological polar surface area (TPSA) is 26.0 Å². The van der Waals surface area contributed by atoms with Gasteiger partial charge >= 0.3 is 0 Å². The normalized spacial score (nSPS) is 12.4. The van der Waals surface area contributed by atoms with Gasteiger partial charge in [0.1, 0.15) is 0 Å². The molecule has 0 radical (unpaired) electrons. The van der Waals surface area contributed by atoms with E-state index in [0.717, 1.165) is 44.2 Å². The standard InChI is InChI=1S/C21H35N/c1-3-4-5-6-7-8-9-10-11-12-13-14-15-16-17-18-19-20-21(2)22/h7-8,10-11,13-14,16-17H,2-6,9,12,15,18-20,22H2,1H3/b8-7-,11-10-,14-13-,17-16-.